The number of nitrogens with zero attached hydrogens (tertiary/aromatic N) is 2. The van der Waals surface area contributed by atoms with Gasteiger partial charge in [0.15, 0.2) is 0 Å². The molecule has 0 aromatic heterocycles. The highest BCUT2D eigenvalue weighted by atomic mass is 16.5. The Morgan fingerprint density at radius 1 is 0.821 bits per heavy atom. The normalized spacial score (nSPS) is 13.1. The second-order valence-corrected chi connectivity index (χ2v) is 9.26. The highest BCUT2D eigenvalue weighted by molar-refractivity contribution is 6.04. The SMILES string of the molecule is CCc1cccc(NC(=O)Nc2ccc(N3CCN(c4ccccc4OC)CC3)c(C(=O)NCCOC)c2)c1. The minimum absolute atomic E-state index is 0.214. The van der Waals surface area contributed by atoms with Gasteiger partial charge in [-0.15, -0.1) is 0 Å². The van der Waals surface area contributed by atoms with Crippen LogP contribution < -0.4 is 30.5 Å². The number of anilines is 4. The summed E-state index contributed by atoms with van der Waals surface area (Å²) in [7, 11) is 3.28. The summed E-state index contributed by atoms with van der Waals surface area (Å²) < 4.78 is 10.6. The Morgan fingerprint density at radius 2 is 1.51 bits per heavy atom. The van der Waals surface area contributed by atoms with Crippen molar-refractivity contribution < 1.29 is 19.1 Å². The molecule has 0 bridgehead atoms. The van der Waals surface area contributed by atoms with E-state index < -0.39 is 0 Å². The molecule has 3 aromatic carbocycles. The van der Waals surface area contributed by atoms with Crippen molar-refractivity contribution in [3.05, 3.63) is 77.9 Å². The van der Waals surface area contributed by atoms with Crippen LogP contribution in [0.25, 0.3) is 0 Å². The third-order valence-electron chi connectivity index (χ3n) is 6.73. The third kappa shape index (κ3) is 7.20. The summed E-state index contributed by atoms with van der Waals surface area (Å²) in [6.07, 6.45) is 0.882. The Hall–Kier alpha value is -4.24. The lowest BCUT2D eigenvalue weighted by atomic mass is 10.1. The molecule has 1 heterocycles. The number of carbonyl (C=O) groups is 2. The molecule has 3 N–H and O–H groups in total. The number of amides is 3. The molecule has 39 heavy (non-hydrogen) atoms. The number of ether oxygens (including phenoxy) is 2. The van der Waals surface area contributed by atoms with Gasteiger partial charge in [0.1, 0.15) is 5.75 Å². The molecule has 9 nitrogen and oxygen atoms in total. The maximum atomic E-state index is 13.2. The second-order valence-electron chi connectivity index (χ2n) is 9.26. The van der Waals surface area contributed by atoms with Crippen molar-refractivity contribution in [2.45, 2.75) is 13.3 Å². The highest BCUT2D eigenvalue weighted by Gasteiger charge is 2.24. The van der Waals surface area contributed by atoms with Crippen LogP contribution in [0.4, 0.5) is 27.5 Å². The van der Waals surface area contributed by atoms with Crippen molar-refractivity contribution in [1.82, 2.24) is 5.32 Å². The lowest BCUT2D eigenvalue weighted by Gasteiger charge is -2.38. The average molecular weight is 532 g/mol. The van der Waals surface area contributed by atoms with Crippen molar-refractivity contribution in [2.24, 2.45) is 0 Å². The van der Waals surface area contributed by atoms with E-state index in [0.29, 0.717) is 30.1 Å². The van der Waals surface area contributed by atoms with Crippen molar-refractivity contribution in [3.63, 3.8) is 0 Å². The Kier molecular flexibility index (Phi) is 9.64. The van der Waals surface area contributed by atoms with Gasteiger partial charge in [0.05, 0.1) is 25.0 Å². The molecule has 1 fully saturated rings. The summed E-state index contributed by atoms with van der Waals surface area (Å²) in [6.45, 7) is 5.90. The summed E-state index contributed by atoms with van der Waals surface area (Å²) in [5, 5.41) is 8.65. The number of rotatable bonds is 10. The summed E-state index contributed by atoms with van der Waals surface area (Å²) in [4.78, 5) is 30.4. The first-order valence-corrected chi connectivity index (χ1v) is 13.2. The first kappa shape index (κ1) is 27.8. The number of methoxy groups -OCH3 is 2. The predicted octanol–water partition coefficient (Wildman–Crippen LogP) is 4.60. The maximum Gasteiger partial charge on any atom is 0.323 e. The highest BCUT2D eigenvalue weighted by Crippen LogP contribution is 2.31. The summed E-state index contributed by atoms with van der Waals surface area (Å²) >= 11 is 0. The Labute approximate surface area is 230 Å². The molecule has 9 heteroatoms. The molecule has 0 atom stereocenters. The molecule has 0 radical (unpaired) electrons. The Bertz CT molecular complexity index is 1270. The Balaban J connectivity index is 1.49. The van der Waals surface area contributed by atoms with Crippen molar-refractivity contribution in [3.8, 4) is 5.75 Å². The number of urea groups is 1. The lowest BCUT2D eigenvalue weighted by Crippen LogP contribution is -2.47. The lowest BCUT2D eigenvalue weighted by molar-refractivity contribution is 0.0937. The van der Waals surface area contributed by atoms with Crippen LogP contribution in [0.3, 0.4) is 0 Å². The first-order valence-electron chi connectivity index (χ1n) is 13.2. The van der Waals surface area contributed by atoms with E-state index in [1.165, 1.54) is 0 Å². The smallest absolute Gasteiger partial charge is 0.323 e. The van der Waals surface area contributed by atoms with Crippen LogP contribution in [0.5, 0.6) is 5.75 Å². The molecule has 4 rings (SSSR count). The van der Waals surface area contributed by atoms with E-state index in [-0.39, 0.29) is 11.9 Å². The summed E-state index contributed by atoms with van der Waals surface area (Å²) in [5.41, 5.74) is 4.78. The number of hydrogen-bond donors (Lipinski definition) is 3. The Morgan fingerprint density at radius 3 is 2.21 bits per heavy atom. The number of carbonyl (C=O) groups excluding carboxylic acids is 2. The molecular weight excluding hydrogens is 494 g/mol. The number of nitrogens with one attached hydrogen (secondary N) is 3. The first-order chi connectivity index (χ1) is 19.0. The molecule has 1 saturated heterocycles. The van der Waals surface area contributed by atoms with E-state index in [4.69, 9.17) is 9.47 Å². The summed E-state index contributed by atoms with van der Waals surface area (Å²) in [5.74, 6) is 0.633. The van der Waals surface area contributed by atoms with E-state index in [9.17, 15) is 9.59 Å². The van der Waals surface area contributed by atoms with Crippen LogP contribution in [-0.4, -0.2) is 65.5 Å². The number of hydrogen-bond acceptors (Lipinski definition) is 6. The monoisotopic (exact) mass is 531 g/mol. The molecule has 0 saturated carbocycles. The molecule has 0 aliphatic carbocycles. The van der Waals surface area contributed by atoms with Crippen LogP contribution in [0.15, 0.2) is 66.7 Å². The van der Waals surface area contributed by atoms with Crippen LogP contribution in [-0.2, 0) is 11.2 Å². The van der Waals surface area contributed by atoms with Gasteiger partial charge in [-0.25, -0.2) is 4.79 Å². The molecule has 0 spiro atoms. The van der Waals surface area contributed by atoms with Gasteiger partial charge in [-0.2, -0.15) is 0 Å². The molecule has 1 aliphatic heterocycles. The second kappa shape index (κ2) is 13.5. The molecule has 1 aliphatic rings. The molecule has 0 unspecified atom stereocenters. The van der Waals surface area contributed by atoms with Crippen LogP contribution >= 0.6 is 0 Å². The fourth-order valence-electron chi connectivity index (χ4n) is 4.67. The number of para-hydroxylation sites is 2. The molecule has 3 amide bonds. The van der Waals surface area contributed by atoms with Gasteiger partial charge in [0, 0.05) is 56.9 Å². The predicted molar refractivity (Wildman–Crippen MR) is 157 cm³/mol. The van der Waals surface area contributed by atoms with Gasteiger partial charge in [0.25, 0.3) is 5.91 Å². The summed E-state index contributed by atoms with van der Waals surface area (Å²) in [6, 6.07) is 20.8. The zero-order valence-electron chi connectivity index (χ0n) is 22.8. The fourth-order valence-corrected chi connectivity index (χ4v) is 4.67. The zero-order chi connectivity index (χ0) is 27.6. The molecule has 3 aromatic rings. The van der Waals surface area contributed by atoms with Crippen molar-refractivity contribution in [1.29, 1.82) is 0 Å². The van der Waals surface area contributed by atoms with Crippen molar-refractivity contribution >= 4 is 34.7 Å². The number of benzene rings is 3. The van der Waals surface area contributed by atoms with Gasteiger partial charge in [-0.05, 0) is 54.4 Å². The van der Waals surface area contributed by atoms with Crippen LogP contribution in [0.1, 0.15) is 22.8 Å². The fraction of sp³-hybridized carbons (Fsp3) is 0.333. The van der Waals surface area contributed by atoms with E-state index in [2.05, 4.69) is 38.7 Å². The van der Waals surface area contributed by atoms with Gasteiger partial charge in [-0.3, -0.25) is 4.79 Å². The zero-order valence-corrected chi connectivity index (χ0v) is 22.8. The van der Waals surface area contributed by atoms with Crippen LogP contribution in [0, 0.1) is 0 Å². The van der Waals surface area contributed by atoms with Gasteiger partial charge >= 0.3 is 6.03 Å². The minimum atomic E-state index is -0.368. The molecule has 206 valence electrons. The van der Waals surface area contributed by atoms with Crippen molar-refractivity contribution in [2.75, 3.05) is 74.0 Å². The number of piperazine rings is 1. The van der Waals surface area contributed by atoms with E-state index in [1.807, 2.05) is 54.6 Å². The van der Waals surface area contributed by atoms with Gasteiger partial charge in [0.2, 0.25) is 0 Å². The van der Waals surface area contributed by atoms with E-state index >= 15 is 0 Å². The average Bonchev–Trinajstić information content (AvgIpc) is 2.97. The van der Waals surface area contributed by atoms with Crippen LogP contribution in [0.2, 0.25) is 0 Å². The quantitative estimate of drug-likeness (QED) is 0.331. The largest absolute Gasteiger partial charge is 0.495 e. The minimum Gasteiger partial charge on any atom is -0.495 e. The maximum absolute atomic E-state index is 13.2. The van der Waals surface area contributed by atoms with Gasteiger partial charge < -0.3 is 35.2 Å². The van der Waals surface area contributed by atoms with E-state index in [1.54, 1.807) is 20.3 Å². The van der Waals surface area contributed by atoms with E-state index in [0.717, 1.165) is 55.3 Å². The standard InChI is InChI=1S/C30H37N5O4/c1-4-22-8-7-9-23(20-22)32-30(37)33-24-12-13-26(25(21-24)29(36)31-14-19-38-2)34-15-17-35(18-16-34)27-10-5-6-11-28(27)39-3/h5-13,20-21H,4,14-19H2,1-3H3,(H,31,36)(H2,32,33,37). The third-order valence-corrected chi connectivity index (χ3v) is 6.73. The molecular formula is C30H37N5O4. The number of aryl methyl sites for hydroxylation is 1. The topological polar surface area (TPSA) is 95.2 Å². The van der Waals surface area contributed by atoms with Gasteiger partial charge in [-0.1, -0.05) is 31.2 Å².